The van der Waals surface area contributed by atoms with Crippen LogP contribution in [0.3, 0.4) is 0 Å². The summed E-state index contributed by atoms with van der Waals surface area (Å²) in [6.07, 6.45) is 10.8. The van der Waals surface area contributed by atoms with Gasteiger partial charge in [-0.1, -0.05) is 6.07 Å². The molecular weight excluding hydrogens is 288 g/mol. The van der Waals surface area contributed by atoms with Gasteiger partial charge in [-0.05, 0) is 49.3 Å². The smallest absolute Gasteiger partial charge is 0.226 e. The molecule has 0 bridgehead atoms. The fraction of sp³-hybridized carbons (Fsp3) is 0.500. The van der Waals surface area contributed by atoms with Gasteiger partial charge in [0.25, 0.3) is 0 Å². The molecule has 0 spiro atoms. The molecule has 0 radical (unpaired) electrons. The van der Waals surface area contributed by atoms with Crippen LogP contribution in [-0.4, -0.2) is 38.7 Å². The molecule has 3 atom stereocenters. The summed E-state index contributed by atoms with van der Waals surface area (Å²) in [5, 5.41) is 4.43. The van der Waals surface area contributed by atoms with E-state index in [9.17, 15) is 4.79 Å². The van der Waals surface area contributed by atoms with Gasteiger partial charge < -0.3 is 4.90 Å². The van der Waals surface area contributed by atoms with Crippen molar-refractivity contribution in [3.05, 3.63) is 48.0 Å². The Morgan fingerprint density at radius 2 is 2.26 bits per heavy atom. The van der Waals surface area contributed by atoms with Gasteiger partial charge in [0.15, 0.2) is 0 Å². The molecule has 1 saturated carbocycles. The fourth-order valence-corrected chi connectivity index (χ4v) is 3.67. The van der Waals surface area contributed by atoms with E-state index in [1.807, 2.05) is 28.0 Å². The second-order valence-electron chi connectivity index (χ2n) is 6.81. The molecule has 2 aliphatic rings. The molecule has 5 nitrogen and oxygen atoms in total. The number of aryl methyl sites for hydroxylation is 1. The van der Waals surface area contributed by atoms with E-state index in [0.29, 0.717) is 17.9 Å². The van der Waals surface area contributed by atoms with Gasteiger partial charge in [0.05, 0.1) is 12.2 Å². The van der Waals surface area contributed by atoms with Crippen molar-refractivity contribution in [2.45, 2.75) is 38.1 Å². The van der Waals surface area contributed by atoms with E-state index in [0.717, 1.165) is 32.4 Å². The van der Waals surface area contributed by atoms with Crippen LogP contribution in [0.1, 0.15) is 42.3 Å². The minimum Gasteiger partial charge on any atom is -0.340 e. The molecule has 1 aliphatic heterocycles. The first kappa shape index (κ1) is 14.4. The minimum atomic E-state index is 0.150. The van der Waals surface area contributed by atoms with Gasteiger partial charge in [0.1, 0.15) is 0 Å². The first-order valence-corrected chi connectivity index (χ1v) is 8.42. The Morgan fingerprint density at radius 1 is 1.35 bits per heavy atom. The van der Waals surface area contributed by atoms with Gasteiger partial charge >= 0.3 is 0 Å². The third-order valence-corrected chi connectivity index (χ3v) is 5.03. The highest BCUT2D eigenvalue weighted by Gasteiger charge is 2.46. The summed E-state index contributed by atoms with van der Waals surface area (Å²) >= 11 is 0. The Labute approximate surface area is 136 Å². The highest BCUT2D eigenvalue weighted by atomic mass is 16.2. The first-order chi connectivity index (χ1) is 11.2. The number of rotatable bonds is 3. The van der Waals surface area contributed by atoms with Crippen molar-refractivity contribution in [2.24, 2.45) is 5.92 Å². The molecule has 120 valence electrons. The van der Waals surface area contributed by atoms with Crippen molar-refractivity contribution in [3.63, 3.8) is 0 Å². The normalized spacial score (nSPS) is 27.0. The molecule has 2 fully saturated rings. The van der Waals surface area contributed by atoms with Gasteiger partial charge in [-0.25, -0.2) is 0 Å². The van der Waals surface area contributed by atoms with Gasteiger partial charge in [0.2, 0.25) is 5.91 Å². The lowest BCUT2D eigenvalue weighted by Gasteiger charge is -2.33. The fourth-order valence-electron chi connectivity index (χ4n) is 3.67. The predicted octanol–water partition coefficient (Wildman–Crippen LogP) is 2.55. The van der Waals surface area contributed by atoms with E-state index in [2.05, 4.69) is 29.3 Å². The summed E-state index contributed by atoms with van der Waals surface area (Å²) in [6, 6.07) is 4.35. The molecule has 0 unspecified atom stereocenters. The SMILES string of the molecule is Cc1cnn([C@@H]2CCCN(C(=O)[C@@H]3C[C@@H]3c3cccnc3)C2)c1. The summed E-state index contributed by atoms with van der Waals surface area (Å²) < 4.78 is 2.03. The van der Waals surface area contributed by atoms with E-state index in [1.54, 1.807) is 6.20 Å². The molecular formula is C18H22N4O. The predicted molar refractivity (Wildman–Crippen MR) is 86.9 cm³/mol. The van der Waals surface area contributed by atoms with Crippen molar-refractivity contribution < 1.29 is 4.79 Å². The van der Waals surface area contributed by atoms with Crippen LogP contribution >= 0.6 is 0 Å². The number of hydrogen-bond acceptors (Lipinski definition) is 3. The minimum absolute atomic E-state index is 0.150. The largest absolute Gasteiger partial charge is 0.340 e. The van der Waals surface area contributed by atoms with Crippen molar-refractivity contribution in [1.82, 2.24) is 19.7 Å². The standard InChI is InChI=1S/C18H22N4O/c1-13-9-20-22(11-13)15-5-3-7-21(12-15)18(23)17-8-16(17)14-4-2-6-19-10-14/h2,4,6,9-11,15-17H,3,5,7-8,12H2,1H3/t15-,16-,17-/m1/s1. The summed E-state index contributed by atoms with van der Waals surface area (Å²) in [7, 11) is 0. The lowest BCUT2D eigenvalue weighted by atomic mass is 10.0. The van der Waals surface area contributed by atoms with E-state index in [4.69, 9.17) is 0 Å². The van der Waals surface area contributed by atoms with E-state index in [-0.39, 0.29) is 5.92 Å². The van der Waals surface area contributed by atoms with Gasteiger partial charge in [0, 0.05) is 37.6 Å². The number of amides is 1. The number of piperidine rings is 1. The van der Waals surface area contributed by atoms with Crippen LogP contribution in [0.25, 0.3) is 0 Å². The highest BCUT2D eigenvalue weighted by Crippen LogP contribution is 2.48. The summed E-state index contributed by atoms with van der Waals surface area (Å²) in [5.74, 6) is 0.827. The Morgan fingerprint density at radius 3 is 3.00 bits per heavy atom. The molecule has 1 aliphatic carbocycles. The van der Waals surface area contributed by atoms with Crippen LogP contribution in [0.2, 0.25) is 0 Å². The zero-order chi connectivity index (χ0) is 15.8. The number of pyridine rings is 1. The molecule has 0 N–H and O–H groups in total. The average Bonchev–Trinajstić information content (AvgIpc) is 3.29. The maximum atomic E-state index is 12.8. The lowest BCUT2D eigenvalue weighted by Crippen LogP contribution is -2.41. The zero-order valence-corrected chi connectivity index (χ0v) is 13.4. The lowest BCUT2D eigenvalue weighted by molar-refractivity contribution is -0.134. The third-order valence-electron chi connectivity index (χ3n) is 5.03. The molecule has 1 amide bonds. The number of likely N-dealkylation sites (tertiary alicyclic amines) is 1. The van der Waals surface area contributed by atoms with Crippen LogP contribution in [0, 0.1) is 12.8 Å². The van der Waals surface area contributed by atoms with Crippen LogP contribution in [0.5, 0.6) is 0 Å². The second kappa shape index (κ2) is 5.80. The Hall–Kier alpha value is -2.17. The summed E-state index contributed by atoms with van der Waals surface area (Å²) in [6.45, 7) is 3.72. The molecule has 0 aromatic carbocycles. The highest BCUT2D eigenvalue weighted by molar-refractivity contribution is 5.83. The Kier molecular flexibility index (Phi) is 3.63. The van der Waals surface area contributed by atoms with Crippen molar-refractivity contribution in [3.8, 4) is 0 Å². The van der Waals surface area contributed by atoms with Crippen LogP contribution in [0.4, 0.5) is 0 Å². The molecule has 5 heteroatoms. The Bertz CT molecular complexity index is 696. The quantitative estimate of drug-likeness (QED) is 0.875. The van der Waals surface area contributed by atoms with Crippen LogP contribution < -0.4 is 0 Å². The molecule has 2 aromatic heterocycles. The van der Waals surface area contributed by atoms with Gasteiger partial charge in [-0.3, -0.25) is 14.5 Å². The van der Waals surface area contributed by atoms with Gasteiger partial charge in [-0.2, -0.15) is 5.10 Å². The van der Waals surface area contributed by atoms with Crippen molar-refractivity contribution >= 4 is 5.91 Å². The van der Waals surface area contributed by atoms with Crippen molar-refractivity contribution in [1.29, 1.82) is 0 Å². The molecule has 3 heterocycles. The maximum absolute atomic E-state index is 12.8. The second-order valence-corrected chi connectivity index (χ2v) is 6.81. The Balaban J connectivity index is 1.41. The maximum Gasteiger partial charge on any atom is 0.226 e. The summed E-state index contributed by atoms with van der Waals surface area (Å²) in [5.41, 5.74) is 2.37. The molecule has 2 aromatic rings. The van der Waals surface area contributed by atoms with E-state index in [1.165, 1.54) is 11.1 Å². The number of nitrogens with zero attached hydrogens (tertiary/aromatic N) is 4. The number of carbonyl (C=O) groups is 1. The molecule has 1 saturated heterocycles. The zero-order valence-electron chi connectivity index (χ0n) is 13.4. The van der Waals surface area contributed by atoms with E-state index < -0.39 is 0 Å². The summed E-state index contributed by atoms with van der Waals surface area (Å²) in [4.78, 5) is 19.0. The molecule has 4 rings (SSSR count). The van der Waals surface area contributed by atoms with Gasteiger partial charge in [-0.15, -0.1) is 0 Å². The number of hydrogen-bond donors (Lipinski definition) is 0. The van der Waals surface area contributed by atoms with Crippen molar-refractivity contribution in [2.75, 3.05) is 13.1 Å². The monoisotopic (exact) mass is 310 g/mol. The molecule has 23 heavy (non-hydrogen) atoms. The number of aromatic nitrogens is 3. The van der Waals surface area contributed by atoms with Crippen LogP contribution in [0.15, 0.2) is 36.9 Å². The topological polar surface area (TPSA) is 51.0 Å². The first-order valence-electron chi connectivity index (χ1n) is 8.42. The van der Waals surface area contributed by atoms with Crippen LogP contribution in [-0.2, 0) is 4.79 Å². The number of carbonyl (C=O) groups excluding carboxylic acids is 1. The average molecular weight is 310 g/mol. The third kappa shape index (κ3) is 2.87. The van der Waals surface area contributed by atoms with E-state index >= 15 is 0 Å².